The summed E-state index contributed by atoms with van der Waals surface area (Å²) in [5.74, 6) is 0. The van der Waals surface area contributed by atoms with Gasteiger partial charge >= 0.3 is 6.18 Å². The van der Waals surface area contributed by atoms with Crippen LogP contribution in [0.15, 0.2) is 0 Å². The van der Waals surface area contributed by atoms with Gasteiger partial charge in [0.25, 0.3) is 0 Å². The Kier molecular flexibility index (Phi) is 5.73. The average Bonchev–Trinajstić information content (AvgIpc) is 2.24. The second kappa shape index (κ2) is 6.59. The molecule has 1 fully saturated rings. The molecule has 1 aliphatic heterocycles. The van der Waals surface area contributed by atoms with Crippen molar-refractivity contribution in [1.29, 1.82) is 0 Å². The number of halogens is 3. The lowest BCUT2D eigenvalue weighted by Gasteiger charge is -2.35. The Morgan fingerprint density at radius 1 is 1.24 bits per heavy atom. The van der Waals surface area contributed by atoms with Crippen LogP contribution in [0.4, 0.5) is 13.2 Å². The summed E-state index contributed by atoms with van der Waals surface area (Å²) in [6.45, 7) is 6.93. The van der Waals surface area contributed by atoms with Gasteiger partial charge in [0, 0.05) is 18.5 Å². The fraction of sp³-hybridized carbons (Fsp3) is 1.00. The van der Waals surface area contributed by atoms with Crippen LogP contribution < -0.4 is 5.32 Å². The monoisotopic (exact) mass is 252 g/mol. The highest BCUT2D eigenvalue weighted by Gasteiger charge is 2.26. The molecule has 0 aromatic rings. The topological polar surface area (TPSA) is 15.3 Å². The molecular weight excluding hydrogens is 229 g/mol. The summed E-state index contributed by atoms with van der Waals surface area (Å²) in [6.07, 6.45) is -2.41. The van der Waals surface area contributed by atoms with Crippen molar-refractivity contribution in [1.82, 2.24) is 10.2 Å². The Balaban J connectivity index is 2.07. The van der Waals surface area contributed by atoms with Gasteiger partial charge in [0.05, 0.1) is 0 Å². The minimum atomic E-state index is -4.01. The maximum atomic E-state index is 11.9. The second-order valence-corrected chi connectivity index (χ2v) is 5.08. The SMILES string of the molecule is CC(C)N1CCC(NCCCC(F)(F)F)CC1. The lowest BCUT2D eigenvalue weighted by atomic mass is 10.0. The molecule has 0 aliphatic carbocycles. The molecular formula is C12H23F3N2. The van der Waals surface area contributed by atoms with E-state index in [1.165, 1.54) is 0 Å². The van der Waals surface area contributed by atoms with Crippen LogP contribution >= 0.6 is 0 Å². The van der Waals surface area contributed by atoms with E-state index in [1.807, 2.05) is 0 Å². The quantitative estimate of drug-likeness (QED) is 0.757. The highest BCUT2D eigenvalue weighted by molar-refractivity contribution is 4.78. The van der Waals surface area contributed by atoms with Crippen LogP contribution in [0.5, 0.6) is 0 Å². The molecule has 1 rings (SSSR count). The third kappa shape index (κ3) is 6.27. The van der Waals surface area contributed by atoms with E-state index in [0.29, 0.717) is 18.6 Å². The summed E-state index contributed by atoms with van der Waals surface area (Å²) >= 11 is 0. The maximum Gasteiger partial charge on any atom is 0.389 e. The van der Waals surface area contributed by atoms with Crippen molar-refractivity contribution in [3.05, 3.63) is 0 Å². The molecule has 17 heavy (non-hydrogen) atoms. The highest BCUT2D eigenvalue weighted by Crippen LogP contribution is 2.21. The molecule has 102 valence electrons. The molecule has 0 unspecified atom stereocenters. The van der Waals surface area contributed by atoms with E-state index in [9.17, 15) is 13.2 Å². The Hall–Kier alpha value is -0.290. The van der Waals surface area contributed by atoms with Crippen LogP contribution in [0, 0.1) is 0 Å². The predicted octanol–water partition coefficient (Wildman–Crippen LogP) is 2.79. The normalized spacial score (nSPS) is 20.1. The van der Waals surface area contributed by atoms with E-state index in [1.54, 1.807) is 0 Å². The first kappa shape index (κ1) is 14.8. The number of rotatable bonds is 5. The van der Waals surface area contributed by atoms with Gasteiger partial charge in [-0.1, -0.05) is 0 Å². The highest BCUT2D eigenvalue weighted by atomic mass is 19.4. The molecule has 0 radical (unpaired) electrons. The van der Waals surface area contributed by atoms with Crippen LogP contribution in [0.3, 0.4) is 0 Å². The number of nitrogens with one attached hydrogen (secondary N) is 1. The van der Waals surface area contributed by atoms with Gasteiger partial charge in [-0.25, -0.2) is 0 Å². The van der Waals surface area contributed by atoms with Crippen molar-refractivity contribution in [2.24, 2.45) is 0 Å². The minimum absolute atomic E-state index is 0.188. The fourth-order valence-electron chi connectivity index (χ4n) is 2.22. The van der Waals surface area contributed by atoms with E-state index >= 15 is 0 Å². The first-order valence-corrected chi connectivity index (χ1v) is 6.42. The van der Waals surface area contributed by atoms with Crippen molar-refractivity contribution in [2.45, 2.75) is 57.8 Å². The molecule has 2 nitrogen and oxygen atoms in total. The first-order chi connectivity index (χ1) is 7.88. The molecule has 0 bridgehead atoms. The third-order valence-corrected chi connectivity index (χ3v) is 3.33. The molecule has 1 heterocycles. The van der Waals surface area contributed by atoms with E-state index < -0.39 is 12.6 Å². The van der Waals surface area contributed by atoms with Gasteiger partial charge in [0.2, 0.25) is 0 Å². The smallest absolute Gasteiger partial charge is 0.314 e. The van der Waals surface area contributed by atoms with Crippen molar-refractivity contribution in [3.63, 3.8) is 0 Å². The molecule has 0 aromatic carbocycles. The molecule has 0 spiro atoms. The molecule has 5 heteroatoms. The summed E-state index contributed by atoms with van der Waals surface area (Å²) < 4.78 is 35.8. The number of piperidine rings is 1. The van der Waals surface area contributed by atoms with Gasteiger partial charge in [-0.3, -0.25) is 0 Å². The average molecular weight is 252 g/mol. The van der Waals surface area contributed by atoms with Crippen LogP contribution in [-0.4, -0.2) is 42.8 Å². The Morgan fingerprint density at radius 3 is 2.29 bits per heavy atom. The van der Waals surface area contributed by atoms with Crippen LogP contribution in [0.25, 0.3) is 0 Å². The van der Waals surface area contributed by atoms with Crippen LogP contribution in [-0.2, 0) is 0 Å². The standard InChI is InChI=1S/C12H23F3N2/c1-10(2)17-8-4-11(5-9-17)16-7-3-6-12(13,14)15/h10-11,16H,3-9H2,1-2H3. The lowest BCUT2D eigenvalue weighted by Crippen LogP contribution is -2.45. The van der Waals surface area contributed by atoms with E-state index in [-0.39, 0.29) is 6.42 Å². The minimum Gasteiger partial charge on any atom is -0.314 e. The van der Waals surface area contributed by atoms with Gasteiger partial charge in [-0.05, 0) is 52.7 Å². The third-order valence-electron chi connectivity index (χ3n) is 3.33. The van der Waals surface area contributed by atoms with Gasteiger partial charge in [-0.2, -0.15) is 13.2 Å². The predicted molar refractivity (Wildman–Crippen MR) is 63.0 cm³/mol. The molecule has 0 aromatic heterocycles. The zero-order chi connectivity index (χ0) is 12.9. The van der Waals surface area contributed by atoms with E-state index in [0.717, 1.165) is 25.9 Å². The fourth-order valence-corrected chi connectivity index (χ4v) is 2.22. The summed E-state index contributed by atoms with van der Waals surface area (Å²) in [4.78, 5) is 2.41. The Labute approximate surface area is 102 Å². The number of likely N-dealkylation sites (tertiary alicyclic amines) is 1. The van der Waals surface area contributed by atoms with Gasteiger partial charge in [-0.15, -0.1) is 0 Å². The largest absolute Gasteiger partial charge is 0.389 e. The van der Waals surface area contributed by atoms with Gasteiger partial charge in [0.1, 0.15) is 0 Å². The summed E-state index contributed by atoms with van der Waals surface area (Å²) in [7, 11) is 0. The zero-order valence-electron chi connectivity index (χ0n) is 10.7. The lowest BCUT2D eigenvalue weighted by molar-refractivity contribution is -0.135. The van der Waals surface area contributed by atoms with E-state index in [4.69, 9.17) is 0 Å². The van der Waals surface area contributed by atoms with Crippen molar-refractivity contribution < 1.29 is 13.2 Å². The first-order valence-electron chi connectivity index (χ1n) is 6.42. The second-order valence-electron chi connectivity index (χ2n) is 5.08. The number of alkyl halides is 3. The van der Waals surface area contributed by atoms with Crippen molar-refractivity contribution in [3.8, 4) is 0 Å². The number of hydrogen-bond acceptors (Lipinski definition) is 2. The molecule has 1 N–H and O–H groups in total. The van der Waals surface area contributed by atoms with Gasteiger partial charge < -0.3 is 10.2 Å². The van der Waals surface area contributed by atoms with Crippen LogP contribution in [0.2, 0.25) is 0 Å². The number of nitrogens with zero attached hydrogens (tertiary/aromatic N) is 1. The number of hydrogen-bond donors (Lipinski definition) is 1. The maximum absolute atomic E-state index is 11.9. The molecule has 1 saturated heterocycles. The van der Waals surface area contributed by atoms with Crippen molar-refractivity contribution >= 4 is 0 Å². The molecule has 0 amide bonds. The summed E-state index contributed by atoms with van der Waals surface area (Å²) in [5, 5.41) is 3.23. The van der Waals surface area contributed by atoms with Crippen molar-refractivity contribution in [2.75, 3.05) is 19.6 Å². The summed E-state index contributed by atoms with van der Waals surface area (Å²) in [5.41, 5.74) is 0. The van der Waals surface area contributed by atoms with E-state index in [2.05, 4.69) is 24.1 Å². The zero-order valence-corrected chi connectivity index (χ0v) is 10.7. The van der Waals surface area contributed by atoms with Gasteiger partial charge in [0.15, 0.2) is 0 Å². The molecule has 1 aliphatic rings. The molecule has 0 atom stereocenters. The molecule has 0 saturated carbocycles. The Morgan fingerprint density at radius 2 is 1.82 bits per heavy atom. The Bertz CT molecular complexity index is 208. The van der Waals surface area contributed by atoms with Crippen LogP contribution in [0.1, 0.15) is 39.5 Å². The summed E-state index contributed by atoms with van der Waals surface area (Å²) in [6, 6.07) is 0.972.